The average molecular weight is 289 g/mol. The highest BCUT2D eigenvalue weighted by atomic mass is 16.5. The van der Waals surface area contributed by atoms with Crippen LogP contribution in [0.25, 0.3) is 0 Å². The van der Waals surface area contributed by atoms with Gasteiger partial charge in [0.2, 0.25) is 5.91 Å². The lowest BCUT2D eigenvalue weighted by Gasteiger charge is -2.27. The Kier molecular flexibility index (Phi) is 4.12. The van der Waals surface area contributed by atoms with Gasteiger partial charge >= 0.3 is 0 Å². The monoisotopic (exact) mass is 289 g/mol. The molecule has 0 bridgehead atoms. The molecule has 1 aromatic rings. The van der Waals surface area contributed by atoms with Gasteiger partial charge < -0.3 is 21.5 Å². The Labute approximate surface area is 125 Å². The van der Waals surface area contributed by atoms with E-state index in [2.05, 4.69) is 5.32 Å². The molecule has 0 spiro atoms. The first-order chi connectivity index (χ1) is 10.2. The standard InChI is InChI=1S/C16H23N3O2/c17-9-12-5-7-15(21-12)16(20)19-14-3-1-2-10-8-11(18)4-6-13(10)14/h4,6,8,12,14-15H,1-3,5,7,9,17-18H2,(H,19,20)/t12-,14?,15+/m1/s1. The summed E-state index contributed by atoms with van der Waals surface area (Å²) < 4.78 is 5.66. The number of carbonyl (C=O) groups is 1. The van der Waals surface area contributed by atoms with E-state index < -0.39 is 0 Å². The molecule has 0 saturated carbocycles. The summed E-state index contributed by atoms with van der Waals surface area (Å²) in [4.78, 5) is 12.4. The number of fused-ring (bicyclic) bond motifs is 1. The number of nitrogens with one attached hydrogen (secondary N) is 1. The van der Waals surface area contributed by atoms with Gasteiger partial charge in [0.05, 0.1) is 12.1 Å². The minimum absolute atomic E-state index is 0.0133. The Hall–Kier alpha value is -1.59. The van der Waals surface area contributed by atoms with Gasteiger partial charge in [-0.25, -0.2) is 0 Å². The van der Waals surface area contributed by atoms with Gasteiger partial charge in [-0.1, -0.05) is 6.07 Å². The maximum Gasteiger partial charge on any atom is 0.249 e. The number of anilines is 1. The van der Waals surface area contributed by atoms with Gasteiger partial charge in [-0.15, -0.1) is 0 Å². The number of ether oxygens (including phenoxy) is 1. The fourth-order valence-corrected chi connectivity index (χ4v) is 3.32. The first kappa shape index (κ1) is 14.4. The van der Waals surface area contributed by atoms with Gasteiger partial charge in [-0.3, -0.25) is 4.79 Å². The molecule has 2 aliphatic rings. The number of benzene rings is 1. The van der Waals surface area contributed by atoms with Crippen LogP contribution in [0.2, 0.25) is 0 Å². The molecule has 0 radical (unpaired) electrons. The van der Waals surface area contributed by atoms with Gasteiger partial charge in [0.15, 0.2) is 0 Å². The summed E-state index contributed by atoms with van der Waals surface area (Å²) in [6.07, 6.45) is 4.37. The number of carbonyl (C=O) groups excluding carboxylic acids is 1. The SMILES string of the molecule is NC[C@H]1CC[C@@H](C(=O)NC2CCCc3cc(N)ccc32)O1. The molecule has 3 rings (SSSR count). The van der Waals surface area contributed by atoms with Crippen molar-refractivity contribution < 1.29 is 9.53 Å². The minimum Gasteiger partial charge on any atom is -0.399 e. The lowest BCUT2D eigenvalue weighted by Crippen LogP contribution is -2.39. The molecular weight excluding hydrogens is 266 g/mol. The van der Waals surface area contributed by atoms with E-state index in [1.54, 1.807) is 0 Å². The number of nitrogen functional groups attached to an aromatic ring is 1. The van der Waals surface area contributed by atoms with Crippen molar-refractivity contribution in [1.82, 2.24) is 5.32 Å². The predicted molar refractivity (Wildman–Crippen MR) is 81.6 cm³/mol. The van der Waals surface area contributed by atoms with Crippen LogP contribution in [0, 0.1) is 0 Å². The molecule has 0 aromatic heterocycles. The van der Waals surface area contributed by atoms with Gasteiger partial charge in [0.1, 0.15) is 6.10 Å². The van der Waals surface area contributed by atoms with E-state index in [1.165, 1.54) is 11.1 Å². The van der Waals surface area contributed by atoms with Crippen molar-refractivity contribution in [2.75, 3.05) is 12.3 Å². The molecule has 5 N–H and O–H groups in total. The third kappa shape index (κ3) is 3.04. The van der Waals surface area contributed by atoms with Crippen LogP contribution in [0.4, 0.5) is 5.69 Å². The van der Waals surface area contributed by atoms with Crippen molar-refractivity contribution in [3.8, 4) is 0 Å². The fourth-order valence-electron chi connectivity index (χ4n) is 3.32. The second kappa shape index (κ2) is 6.03. The molecule has 1 aliphatic carbocycles. The number of hydrogen-bond donors (Lipinski definition) is 3. The highest BCUT2D eigenvalue weighted by Crippen LogP contribution is 2.31. The second-order valence-corrected chi connectivity index (χ2v) is 5.97. The Morgan fingerprint density at radius 2 is 2.19 bits per heavy atom. The fraction of sp³-hybridized carbons (Fsp3) is 0.562. The van der Waals surface area contributed by atoms with Crippen LogP contribution in [0.1, 0.15) is 42.9 Å². The lowest BCUT2D eigenvalue weighted by atomic mass is 9.87. The van der Waals surface area contributed by atoms with Crippen LogP contribution in [-0.4, -0.2) is 24.7 Å². The molecule has 21 heavy (non-hydrogen) atoms. The maximum atomic E-state index is 12.4. The molecule has 5 heteroatoms. The average Bonchev–Trinajstić information content (AvgIpc) is 2.96. The summed E-state index contributed by atoms with van der Waals surface area (Å²) in [6, 6.07) is 6.03. The summed E-state index contributed by atoms with van der Waals surface area (Å²) in [7, 11) is 0. The summed E-state index contributed by atoms with van der Waals surface area (Å²) >= 11 is 0. The van der Waals surface area contributed by atoms with Gasteiger partial charge in [-0.2, -0.15) is 0 Å². The van der Waals surface area contributed by atoms with Crippen molar-refractivity contribution in [3.05, 3.63) is 29.3 Å². The number of nitrogens with two attached hydrogens (primary N) is 2. The molecule has 1 aliphatic heterocycles. The third-order valence-electron chi connectivity index (χ3n) is 4.46. The molecular formula is C16H23N3O2. The molecule has 114 valence electrons. The van der Waals surface area contributed by atoms with E-state index in [9.17, 15) is 4.79 Å². The summed E-state index contributed by atoms with van der Waals surface area (Å²) in [5.74, 6) is -0.0133. The second-order valence-electron chi connectivity index (χ2n) is 5.97. The van der Waals surface area contributed by atoms with Crippen molar-refractivity contribution in [2.24, 2.45) is 5.73 Å². The summed E-state index contributed by atoms with van der Waals surface area (Å²) in [5.41, 5.74) is 14.7. The number of amides is 1. The van der Waals surface area contributed by atoms with Crippen molar-refractivity contribution in [3.63, 3.8) is 0 Å². The number of aryl methyl sites for hydroxylation is 1. The highest BCUT2D eigenvalue weighted by molar-refractivity contribution is 5.81. The van der Waals surface area contributed by atoms with Gasteiger partial charge in [0.25, 0.3) is 0 Å². The summed E-state index contributed by atoms with van der Waals surface area (Å²) in [6.45, 7) is 0.481. The van der Waals surface area contributed by atoms with Gasteiger partial charge in [-0.05, 0) is 55.4 Å². The van der Waals surface area contributed by atoms with Crippen LogP contribution in [0.5, 0.6) is 0 Å². The zero-order chi connectivity index (χ0) is 14.8. The molecule has 3 atom stereocenters. The highest BCUT2D eigenvalue weighted by Gasteiger charge is 2.32. The van der Waals surface area contributed by atoms with Crippen molar-refractivity contribution in [1.29, 1.82) is 0 Å². The molecule has 1 amide bonds. The molecule has 1 fully saturated rings. The van der Waals surface area contributed by atoms with E-state index >= 15 is 0 Å². The number of rotatable bonds is 3. The van der Waals surface area contributed by atoms with Crippen molar-refractivity contribution in [2.45, 2.75) is 50.4 Å². The third-order valence-corrected chi connectivity index (χ3v) is 4.46. The lowest BCUT2D eigenvalue weighted by molar-refractivity contribution is -0.132. The molecule has 1 heterocycles. The van der Waals surface area contributed by atoms with E-state index in [0.717, 1.165) is 37.8 Å². The Bertz CT molecular complexity index is 532. The molecule has 1 saturated heterocycles. The first-order valence-electron chi connectivity index (χ1n) is 7.71. The Morgan fingerprint density at radius 1 is 1.33 bits per heavy atom. The number of hydrogen-bond acceptors (Lipinski definition) is 4. The van der Waals surface area contributed by atoms with Crippen LogP contribution in [-0.2, 0) is 16.0 Å². The molecule has 1 unspecified atom stereocenters. The summed E-state index contributed by atoms with van der Waals surface area (Å²) in [5, 5.41) is 3.14. The van der Waals surface area contributed by atoms with E-state index in [0.29, 0.717) is 6.54 Å². The van der Waals surface area contributed by atoms with Crippen LogP contribution < -0.4 is 16.8 Å². The van der Waals surface area contributed by atoms with E-state index in [4.69, 9.17) is 16.2 Å². The Balaban J connectivity index is 1.68. The topological polar surface area (TPSA) is 90.4 Å². The zero-order valence-corrected chi connectivity index (χ0v) is 12.2. The first-order valence-corrected chi connectivity index (χ1v) is 7.71. The van der Waals surface area contributed by atoms with Crippen LogP contribution in [0.15, 0.2) is 18.2 Å². The zero-order valence-electron chi connectivity index (χ0n) is 12.2. The maximum absolute atomic E-state index is 12.4. The normalized spacial score (nSPS) is 28.1. The van der Waals surface area contributed by atoms with Gasteiger partial charge in [0, 0.05) is 12.2 Å². The van der Waals surface area contributed by atoms with E-state index in [1.807, 2.05) is 18.2 Å². The van der Waals surface area contributed by atoms with Crippen LogP contribution in [0.3, 0.4) is 0 Å². The Morgan fingerprint density at radius 3 is 2.95 bits per heavy atom. The predicted octanol–water partition coefficient (Wildman–Crippen LogP) is 1.27. The largest absolute Gasteiger partial charge is 0.399 e. The molecule has 1 aromatic carbocycles. The smallest absolute Gasteiger partial charge is 0.249 e. The van der Waals surface area contributed by atoms with E-state index in [-0.39, 0.29) is 24.2 Å². The van der Waals surface area contributed by atoms with Crippen LogP contribution >= 0.6 is 0 Å². The minimum atomic E-state index is -0.349. The quantitative estimate of drug-likeness (QED) is 0.731. The molecule has 5 nitrogen and oxygen atoms in total. The van der Waals surface area contributed by atoms with Crippen molar-refractivity contribution >= 4 is 11.6 Å².